The van der Waals surface area contributed by atoms with Gasteiger partial charge in [-0.3, -0.25) is 4.79 Å². The zero-order valence-corrected chi connectivity index (χ0v) is 9.11. The van der Waals surface area contributed by atoms with E-state index in [0.29, 0.717) is 12.3 Å². The number of hydrogen-bond donors (Lipinski definition) is 3. The summed E-state index contributed by atoms with van der Waals surface area (Å²) in [6, 6.07) is 0. The van der Waals surface area contributed by atoms with Crippen molar-refractivity contribution >= 4 is 5.97 Å². The second kappa shape index (κ2) is 5.47. The van der Waals surface area contributed by atoms with Crippen molar-refractivity contribution in [1.82, 2.24) is 0 Å². The van der Waals surface area contributed by atoms with Crippen LogP contribution >= 0.6 is 0 Å². The smallest absolute Gasteiger partial charge is 0.306 e. The first-order valence-electron chi connectivity index (χ1n) is 5.70. The third kappa shape index (κ3) is 4.18. The Bertz CT molecular complexity index is 214. The monoisotopic (exact) mass is 215 g/mol. The lowest BCUT2D eigenvalue weighted by Crippen LogP contribution is -2.40. The van der Waals surface area contributed by atoms with Crippen molar-refractivity contribution in [2.45, 2.75) is 50.5 Å². The summed E-state index contributed by atoms with van der Waals surface area (Å²) in [5.74, 6) is -0.314. The highest BCUT2D eigenvalue weighted by molar-refractivity contribution is 5.68. The van der Waals surface area contributed by atoms with Gasteiger partial charge in [-0.2, -0.15) is 0 Å². The fraction of sp³-hybridized carbons (Fsp3) is 0.909. The molecule has 0 aromatic carbocycles. The van der Waals surface area contributed by atoms with Gasteiger partial charge < -0.3 is 15.9 Å². The largest absolute Gasteiger partial charge is 0.481 e. The van der Waals surface area contributed by atoms with E-state index in [1.807, 2.05) is 0 Å². The van der Waals surface area contributed by atoms with Crippen LogP contribution in [0.1, 0.15) is 44.9 Å². The molecule has 4 N–H and O–H groups in total. The average Bonchev–Trinajstić information content (AvgIpc) is 2.66. The van der Waals surface area contributed by atoms with Crippen molar-refractivity contribution in [3.8, 4) is 0 Å². The topological polar surface area (TPSA) is 83.5 Å². The quantitative estimate of drug-likeness (QED) is 0.620. The second-order valence-corrected chi connectivity index (χ2v) is 4.69. The normalized spacial score (nSPS) is 21.5. The zero-order chi connectivity index (χ0) is 11.3. The van der Waals surface area contributed by atoms with Crippen LogP contribution in [-0.2, 0) is 4.79 Å². The van der Waals surface area contributed by atoms with Crippen LogP contribution in [0, 0.1) is 5.92 Å². The van der Waals surface area contributed by atoms with Gasteiger partial charge in [0.05, 0.1) is 12.0 Å². The lowest BCUT2D eigenvalue weighted by Gasteiger charge is -2.25. The van der Waals surface area contributed by atoms with E-state index >= 15 is 0 Å². The fourth-order valence-corrected chi connectivity index (χ4v) is 2.32. The molecule has 88 valence electrons. The molecule has 1 aliphatic rings. The van der Waals surface area contributed by atoms with E-state index in [4.69, 9.17) is 10.8 Å². The van der Waals surface area contributed by atoms with Crippen molar-refractivity contribution in [3.63, 3.8) is 0 Å². The van der Waals surface area contributed by atoms with Crippen molar-refractivity contribution in [2.24, 2.45) is 11.7 Å². The third-order valence-electron chi connectivity index (χ3n) is 3.35. The molecule has 0 radical (unpaired) electrons. The predicted octanol–water partition coefficient (Wildman–Crippen LogP) is 1.12. The van der Waals surface area contributed by atoms with Gasteiger partial charge in [-0.1, -0.05) is 25.7 Å². The maximum Gasteiger partial charge on any atom is 0.306 e. The van der Waals surface area contributed by atoms with Gasteiger partial charge in [0.2, 0.25) is 0 Å². The van der Waals surface area contributed by atoms with Gasteiger partial charge in [0.25, 0.3) is 0 Å². The Morgan fingerprint density at radius 2 is 2.00 bits per heavy atom. The molecule has 15 heavy (non-hydrogen) atoms. The molecule has 0 bridgehead atoms. The third-order valence-corrected chi connectivity index (χ3v) is 3.35. The number of carboxylic acid groups (broad SMARTS) is 1. The molecule has 1 aliphatic carbocycles. The Balaban J connectivity index is 2.34. The van der Waals surface area contributed by atoms with Crippen LogP contribution in [0.4, 0.5) is 0 Å². The van der Waals surface area contributed by atoms with Crippen LogP contribution in [0.3, 0.4) is 0 Å². The summed E-state index contributed by atoms with van der Waals surface area (Å²) in [7, 11) is 0. The van der Waals surface area contributed by atoms with Gasteiger partial charge in [-0.05, 0) is 18.8 Å². The van der Waals surface area contributed by atoms with Gasteiger partial charge in [0.1, 0.15) is 0 Å². The molecular weight excluding hydrogens is 194 g/mol. The first kappa shape index (κ1) is 12.5. The van der Waals surface area contributed by atoms with Crippen LogP contribution in [0.15, 0.2) is 0 Å². The maximum absolute atomic E-state index is 10.6. The highest BCUT2D eigenvalue weighted by Crippen LogP contribution is 2.31. The van der Waals surface area contributed by atoms with E-state index in [1.54, 1.807) is 0 Å². The molecule has 1 atom stereocenters. The van der Waals surface area contributed by atoms with Crippen LogP contribution in [0.25, 0.3) is 0 Å². The van der Waals surface area contributed by atoms with Gasteiger partial charge in [-0.15, -0.1) is 0 Å². The minimum absolute atomic E-state index is 0.0337. The molecule has 0 aromatic rings. The highest BCUT2D eigenvalue weighted by Gasteiger charge is 2.29. The summed E-state index contributed by atoms with van der Waals surface area (Å²) >= 11 is 0. The van der Waals surface area contributed by atoms with Gasteiger partial charge in [-0.25, -0.2) is 0 Å². The van der Waals surface area contributed by atoms with Crippen LogP contribution in [0.2, 0.25) is 0 Å². The summed E-state index contributed by atoms with van der Waals surface area (Å²) in [6.07, 6.45) is 6.15. The minimum Gasteiger partial charge on any atom is -0.481 e. The maximum atomic E-state index is 10.6. The van der Waals surface area contributed by atoms with Crippen molar-refractivity contribution < 1.29 is 15.0 Å². The number of nitrogens with two attached hydrogens (primary N) is 1. The lowest BCUT2D eigenvalue weighted by atomic mass is 9.89. The Kier molecular flexibility index (Phi) is 4.54. The summed E-state index contributed by atoms with van der Waals surface area (Å²) in [5, 5.41) is 18.6. The van der Waals surface area contributed by atoms with Crippen LogP contribution in [-0.4, -0.2) is 28.3 Å². The lowest BCUT2D eigenvalue weighted by molar-refractivity contribution is -0.142. The molecule has 1 unspecified atom stereocenters. The number of carboxylic acids is 1. The van der Waals surface area contributed by atoms with Crippen LogP contribution in [0.5, 0.6) is 0 Å². The molecule has 0 spiro atoms. The molecule has 0 aromatic heterocycles. The fourth-order valence-electron chi connectivity index (χ4n) is 2.32. The van der Waals surface area contributed by atoms with Crippen LogP contribution < -0.4 is 5.73 Å². The minimum atomic E-state index is -1.20. The molecule has 0 heterocycles. The second-order valence-electron chi connectivity index (χ2n) is 4.69. The summed E-state index contributed by atoms with van der Waals surface area (Å²) in [5.41, 5.74) is 4.23. The van der Waals surface area contributed by atoms with Crippen molar-refractivity contribution in [1.29, 1.82) is 0 Å². The molecule has 1 saturated carbocycles. The Hall–Kier alpha value is -0.610. The molecule has 1 fully saturated rings. The number of carbonyl (C=O) groups is 1. The number of hydrogen-bond acceptors (Lipinski definition) is 3. The summed E-state index contributed by atoms with van der Waals surface area (Å²) < 4.78 is 0. The molecule has 0 amide bonds. The van der Waals surface area contributed by atoms with Gasteiger partial charge in [0.15, 0.2) is 0 Å². The molecule has 1 rings (SSSR count). The van der Waals surface area contributed by atoms with E-state index in [0.717, 1.165) is 6.42 Å². The Morgan fingerprint density at radius 1 is 1.40 bits per heavy atom. The Labute approximate surface area is 90.5 Å². The van der Waals surface area contributed by atoms with Crippen molar-refractivity contribution in [3.05, 3.63) is 0 Å². The summed E-state index contributed by atoms with van der Waals surface area (Å²) in [4.78, 5) is 10.6. The molecule has 0 saturated heterocycles. The van der Waals surface area contributed by atoms with E-state index in [1.165, 1.54) is 25.7 Å². The molecule has 4 nitrogen and oxygen atoms in total. The first-order chi connectivity index (χ1) is 7.06. The van der Waals surface area contributed by atoms with E-state index < -0.39 is 11.6 Å². The average molecular weight is 215 g/mol. The van der Waals surface area contributed by atoms with E-state index in [-0.39, 0.29) is 13.0 Å². The predicted molar refractivity (Wildman–Crippen MR) is 57.4 cm³/mol. The number of rotatable bonds is 6. The van der Waals surface area contributed by atoms with Crippen molar-refractivity contribution in [2.75, 3.05) is 6.54 Å². The number of aliphatic hydroxyl groups is 1. The standard InChI is InChI=1S/C11H21NO3/c12-8-11(15,7-10(13)14)6-5-9-3-1-2-4-9/h9,15H,1-8,12H2,(H,13,14). The van der Waals surface area contributed by atoms with Gasteiger partial charge >= 0.3 is 5.97 Å². The molecular formula is C11H21NO3. The summed E-state index contributed by atoms with van der Waals surface area (Å²) in [6.45, 7) is 0.0337. The first-order valence-corrected chi connectivity index (χ1v) is 5.70. The Morgan fingerprint density at radius 3 is 2.47 bits per heavy atom. The molecule has 0 aliphatic heterocycles. The molecule has 4 heteroatoms. The highest BCUT2D eigenvalue weighted by atomic mass is 16.4. The van der Waals surface area contributed by atoms with Gasteiger partial charge in [0, 0.05) is 6.54 Å². The van der Waals surface area contributed by atoms with E-state index in [9.17, 15) is 9.90 Å². The zero-order valence-electron chi connectivity index (χ0n) is 9.11. The van der Waals surface area contributed by atoms with E-state index in [2.05, 4.69) is 0 Å². The SMILES string of the molecule is NCC(O)(CCC1CCCC1)CC(=O)O. The number of aliphatic carboxylic acids is 1.